The number of thioether (sulfide) groups is 1. The molecule has 0 fully saturated rings. The van der Waals surface area contributed by atoms with Crippen molar-refractivity contribution in [2.75, 3.05) is 0 Å². The summed E-state index contributed by atoms with van der Waals surface area (Å²) < 4.78 is 5.51. The van der Waals surface area contributed by atoms with Crippen molar-refractivity contribution >= 4 is 34.7 Å². The Kier molecular flexibility index (Phi) is 4.38. The van der Waals surface area contributed by atoms with Gasteiger partial charge >= 0.3 is 0 Å². The Hall–Kier alpha value is -2.09. The van der Waals surface area contributed by atoms with Crippen LogP contribution in [-0.2, 0) is 5.75 Å². The molecular weight excluding hydrogens is 364 g/mol. The molecule has 0 radical (unpaired) electrons. The second-order valence-electron chi connectivity index (χ2n) is 4.88. The third kappa shape index (κ3) is 3.38. The van der Waals surface area contributed by atoms with E-state index in [4.69, 9.17) is 16.0 Å². The summed E-state index contributed by atoms with van der Waals surface area (Å²) in [5, 5.41) is 10.5. The molecule has 8 heteroatoms. The highest BCUT2D eigenvalue weighted by Crippen LogP contribution is 2.27. The van der Waals surface area contributed by atoms with Crippen LogP contribution < -0.4 is 0 Å². The maximum absolute atomic E-state index is 5.90. The van der Waals surface area contributed by atoms with Gasteiger partial charge in [0.2, 0.25) is 11.0 Å². The Morgan fingerprint density at radius 3 is 2.83 bits per heavy atom. The second-order valence-corrected chi connectivity index (χ2v) is 7.21. The van der Waals surface area contributed by atoms with Gasteiger partial charge in [-0.2, -0.15) is 0 Å². The Bertz CT molecular complexity index is 931. The number of oxazole rings is 1. The van der Waals surface area contributed by atoms with Crippen LogP contribution in [0.3, 0.4) is 0 Å². The smallest absolute Gasteiger partial charge is 0.236 e. The van der Waals surface area contributed by atoms with Crippen molar-refractivity contribution in [1.82, 2.24) is 20.2 Å². The highest BCUT2D eigenvalue weighted by molar-refractivity contribution is 7.98. The van der Waals surface area contributed by atoms with Gasteiger partial charge in [-0.15, -0.1) is 16.4 Å². The van der Waals surface area contributed by atoms with Crippen molar-refractivity contribution in [1.29, 1.82) is 0 Å². The van der Waals surface area contributed by atoms with Crippen molar-refractivity contribution in [3.05, 3.63) is 58.8 Å². The van der Waals surface area contributed by atoms with E-state index in [2.05, 4.69) is 20.2 Å². The van der Waals surface area contributed by atoms with Gasteiger partial charge in [-0.05, 0) is 35.7 Å². The first-order valence-corrected chi connectivity index (χ1v) is 9.32. The van der Waals surface area contributed by atoms with E-state index in [1.165, 1.54) is 11.8 Å². The zero-order valence-corrected chi connectivity index (χ0v) is 14.7. The van der Waals surface area contributed by atoms with Crippen LogP contribution in [0, 0.1) is 0 Å². The Morgan fingerprint density at radius 1 is 1.17 bits per heavy atom. The van der Waals surface area contributed by atoms with Crippen LogP contribution >= 0.6 is 34.7 Å². The number of benzene rings is 1. The number of nitrogens with one attached hydrogen (secondary N) is 1. The monoisotopic (exact) mass is 374 g/mol. The second kappa shape index (κ2) is 6.80. The molecule has 1 aromatic carbocycles. The zero-order chi connectivity index (χ0) is 16.4. The fourth-order valence-electron chi connectivity index (χ4n) is 2.07. The highest BCUT2D eigenvalue weighted by atomic mass is 35.5. The molecule has 4 aromatic rings. The van der Waals surface area contributed by atoms with Crippen LogP contribution in [0.25, 0.3) is 22.2 Å². The van der Waals surface area contributed by atoms with Crippen LogP contribution in [0.1, 0.15) is 5.69 Å². The van der Waals surface area contributed by atoms with Gasteiger partial charge in [0.15, 0.2) is 5.82 Å². The molecule has 5 nitrogen and oxygen atoms in total. The van der Waals surface area contributed by atoms with E-state index in [0.29, 0.717) is 27.6 Å². The number of thiophene rings is 1. The number of aromatic nitrogens is 4. The molecule has 0 aliphatic carbocycles. The van der Waals surface area contributed by atoms with E-state index in [1.54, 1.807) is 17.6 Å². The lowest BCUT2D eigenvalue weighted by Gasteiger charge is -1.95. The summed E-state index contributed by atoms with van der Waals surface area (Å²) in [5.41, 5.74) is 1.81. The number of halogens is 1. The van der Waals surface area contributed by atoms with Gasteiger partial charge < -0.3 is 4.42 Å². The predicted octanol–water partition coefficient (Wildman–Crippen LogP) is 5.13. The summed E-state index contributed by atoms with van der Waals surface area (Å²) in [6, 6.07) is 11.4. The minimum absolute atomic E-state index is 0.646. The number of H-pyrrole nitrogens is 1. The lowest BCUT2D eigenvalue weighted by atomic mass is 10.2. The van der Waals surface area contributed by atoms with Crippen LogP contribution in [0.5, 0.6) is 0 Å². The summed E-state index contributed by atoms with van der Waals surface area (Å²) in [6.07, 6.45) is 1.68. The molecule has 3 heterocycles. The van der Waals surface area contributed by atoms with Gasteiger partial charge in [0.1, 0.15) is 6.26 Å². The van der Waals surface area contributed by atoms with E-state index in [0.717, 1.165) is 16.1 Å². The third-order valence-electron chi connectivity index (χ3n) is 3.22. The minimum Gasteiger partial charge on any atom is -0.444 e. The Balaban J connectivity index is 1.42. The molecule has 0 amide bonds. The Morgan fingerprint density at radius 2 is 2.04 bits per heavy atom. The molecule has 1 N–H and O–H groups in total. The molecule has 0 saturated carbocycles. The van der Waals surface area contributed by atoms with Gasteiger partial charge in [0, 0.05) is 16.3 Å². The molecule has 24 heavy (non-hydrogen) atoms. The highest BCUT2D eigenvalue weighted by Gasteiger charge is 2.10. The zero-order valence-electron chi connectivity index (χ0n) is 12.3. The first kappa shape index (κ1) is 15.4. The summed E-state index contributed by atoms with van der Waals surface area (Å²) in [4.78, 5) is 9.99. The molecule has 3 aromatic heterocycles. The lowest BCUT2D eigenvalue weighted by molar-refractivity contribution is 0.575. The average molecular weight is 375 g/mol. The molecule has 4 rings (SSSR count). The normalized spacial score (nSPS) is 11.0. The van der Waals surface area contributed by atoms with Gasteiger partial charge in [-0.3, -0.25) is 5.10 Å². The van der Waals surface area contributed by atoms with Crippen molar-refractivity contribution in [3.63, 3.8) is 0 Å². The van der Waals surface area contributed by atoms with E-state index in [9.17, 15) is 0 Å². The van der Waals surface area contributed by atoms with Gasteiger partial charge in [-0.25, -0.2) is 9.97 Å². The molecule has 0 aliphatic heterocycles. The maximum Gasteiger partial charge on any atom is 0.236 e. The van der Waals surface area contributed by atoms with E-state index in [-0.39, 0.29) is 0 Å². The lowest BCUT2D eigenvalue weighted by Crippen LogP contribution is -1.83. The van der Waals surface area contributed by atoms with Gasteiger partial charge in [-0.1, -0.05) is 29.4 Å². The van der Waals surface area contributed by atoms with Crippen LogP contribution in [0.15, 0.2) is 57.6 Å². The summed E-state index contributed by atoms with van der Waals surface area (Å²) in [7, 11) is 0. The standard InChI is InChI=1S/C16H11ClN4OS2/c17-11-5-3-10(4-6-11)14-19-16(21-20-14)24-9-12-8-22-15(18-12)13-2-1-7-23-13/h1-8H,9H2,(H,19,20,21). The number of rotatable bonds is 5. The van der Waals surface area contributed by atoms with E-state index < -0.39 is 0 Å². The van der Waals surface area contributed by atoms with E-state index >= 15 is 0 Å². The first-order chi connectivity index (χ1) is 11.8. The summed E-state index contributed by atoms with van der Waals surface area (Å²) in [6.45, 7) is 0. The van der Waals surface area contributed by atoms with Gasteiger partial charge in [0.25, 0.3) is 0 Å². The van der Waals surface area contributed by atoms with Crippen molar-refractivity contribution in [3.8, 4) is 22.2 Å². The summed E-state index contributed by atoms with van der Waals surface area (Å²) in [5.74, 6) is 2.01. The summed E-state index contributed by atoms with van der Waals surface area (Å²) >= 11 is 9.00. The fraction of sp³-hybridized carbons (Fsp3) is 0.0625. The molecule has 0 saturated heterocycles. The molecule has 0 unspecified atom stereocenters. The minimum atomic E-state index is 0.646. The van der Waals surface area contributed by atoms with Crippen LogP contribution in [0.4, 0.5) is 0 Å². The largest absolute Gasteiger partial charge is 0.444 e. The molecule has 120 valence electrons. The van der Waals surface area contributed by atoms with Crippen LogP contribution in [-0.4, -0.2) is 20.2 Å². The van der Waals surface area contributed by atoms with Crippen LogP contribution in [0.2, 0.25) is 5.02 Å². The molecule has 0 spiro atoms. The quantitative estimate of drug-likeness (QED) is 0.490. The predicted molar refractivity (Wildman–Crippen MR) is 96.2 cm³/mol. The third-order valence-corrected chi connectivity index (χ3v) is 5.21. The topological polar surface area (TPSA) is 67.6 Å². The SMILES string of the molecule is Clc1ccc(-c2nc(SCc3coc(-c4cccs4)n3)n[nH]2)cc1. The Labute approximate surface area is 151 Å². The number of aromatic amines is 1. The average Bonchev–Trinajstić information content (AvgIpc) is 3.34. The number of hydrogen-bond acceptors (Lipinski definition) is 6. The maximum atomic E-state index is 5.90. The van der Waals surface area contributed by atoms with Crippen molar-refractivity contribution < 1.29 is 4.42 Å². The number of hydrogen-bond donors (Lipinski definition) is 1. The molecular formula is C16H11ClN4OS2. The van der Waals surface area contributed by atoms with Crippen molar-refractivity contribution in [2.45, 2.75) is 10.9 Å². The molecule has 0 bridgehead atoms. The number of nitrogens with zero attached hydrogens (tertiary/aromatic N) is 3. The molecule has 0 atom stereocenters. The fourth-order valence-corrected chi connectivity index (χ4v) is 3.53. The first-order valence-electron chi connectivity index (χ1n) is 7.07. The van der Waals surface area contributed by atoms with E-state index in [1.807, 2.05) is 41.8 Å². The van der Waals surface area contributed by atoms with Gasteiger partial charge in [0.05, 0.1) is 10.6 Å². The van der Waals surface area contributed by atoms with Crippen molar-refractivity contribution in [2.24, 2.45) is 0 Å². The molecule has 0 aliphatic rings.